The Bertz CT molecular complexity index is 557. The summed E-state index contributed by atoms with van der Waals surface area (Å²) in [5, 5.41) is 9.31. The van der Waals surface area contributed by atoms with Crippen molar-refractivity contribution in [2.24, 2.45) is 0 Å². The molecule has 16 heavy (non-hydrogen) atoms. The molecule has 4 nitrogen and oxygen atoms in total. The summed E-state index contributed by atoms with van der Waals surface area (Å²) >= 11 is 1.31. The topological polar surface area (TPSA) is 75.8 Å². The van der Waals surface area contributed by atoms with Crippen LogP contribution in [0.3, 0.4) is 0 Å². The van der Waals surface area contributed by atoms with E-state index in [4.69, 9.17) is 15.4 Å². The van der Waals surface area contributed by atoms with E-state index in [-0.39, 0.29) is 0 Å². The predicted octanol–water partition coefficient (Wildman–Crippen LogP) is 2.59. The van der Waals surface area contributed by atoms with Gasteiger partial charge in [0.15, 0.2) is 0 Å². The number of oxazole rings is 1. The zero-order chi connectivity index (χ0) is 11.5. The number of aryl methyl sites for hydroxylation is 1. The molecule has 2 N–H and O–H groups in total. The van der Waals surface area contributed by atoms with Crippen molar-refractivity contribution in [3.8, 4) is 6.07 Å². The van der Waals surface area contributed by atoms with E-state index in [1.54, 1.807) is 24.5 Å². The van der Waals surface area contributed by atoms with E-state index in [1.165, 1.54) is 11.8 Å². The van der Waals surface area contributed by atoms with Gasteiger partial charge in [-0.15, -0.1) is 0 Å². The molecule has 0 saturated carbocycles. The van der Waals surface area contributed by atoms with E-state index in [0.29, 0.717) is 16.5 Å². The van der Waals surface area contributed by atoms with Gasteiger partial charge in [-0.25, -0.2) is 4.98 Å². The fraction of sp³-hybridized carbons (Fsp3) is 0.0909. The number of hydrogen-bond donors (Lipinski definition) is 1. The smallest absolute Gasteiger partial charge is 0.260 e. The summed E-state index contributed by atoms with van der Waals surface area (Å²) in [5.74, 6) is 0. The van der Waals surface area contributed by atoms with Crippen LogP contribution in [0, 0.1) is 18.3 Å². The molecule has 1 heterocycles. The summed E-state index contributed by atoms with van der Waals surface area (Å²) in [6, 6.07) is 7.17. The number of nitrogens with two attached hydrogens (primary N) is 1. The molecule has 80 valence electrons. The van der Waals surface area contributed by atoms with Crippen LogP contribution in [0.1, 0.15) is 11.3 Å². The van der Waals surface area contributed by atoms with Gasteiger partial charge in [0.2, 0.25) is 0 Å². The largest absolute Gasteiger partial charge is 0.439 e. The van der Waals surface area contributed by atoms with Gasteiger partial charge in [-0.2, -0.15) is 5.26 Å². The van der Waals surface area contributed by atoms with Gasteiger partial charge < -0.3 is 10.2 Å². The molecule has 0 aliphatic heterocycles. The molecule has 0 radical (unpaired) electrons. The molecule has 0 saturated heterocycles. The summed E-state index contributed by atoms with van der Waals surface area (Å²) in [6.07, 6.45) is 1.58. The van der Waals surface area contributed by atoms with Crippen molar-refractivity contribution >= 4 is 17.4 Å². The number of nitrogen functional groups attached to an aromatic ring is 1. The highest BCUT2D eigenvalue weighted by atomic mass is 32.2. The number of benzene rings is 1. The molecular weight excluding hydrogens is 222 g/mol. The van der Waals surface area contributed by atoms with Crippen molar-refractivity contribution in [2.75, 3.05) is 5.73 Å². The quantitative estimate of drug-likeness (QED) is 0.804. The molecule has 0 amide bonds. The lowest BCUT2D eigenvalue weighted by Gasteiger charge is -2.02. The van der Waals surface area contributed by atoms with Gasteiger partial charge >= 0.3 is 0 Å². The van der Waals surface area contributed by atoms with Crippen LogP contribution in [-0.4, -0.2) is 4.98 Å². The minimum atomic E-state index is 0.527. The van der Waals surface area contributed by atoms with E-state index in [2.05, 4.69) is 11.1 Å². The molecule has 0 aliphatic carbocycles. The highest BCUT2D eigenvalue weighted by molar-refractivity contribution is 7.99. The van der Waals surface area contributed by atoms with Crippen molar-refractivity contribution in [2.45, 2.75) is 17.0 Å². The van der Waals surface area contributed by atoms with E-state index in [9.17, 15) is 0 Å². The Morgan fingerprint density at radius 1 is 1.50 bits per heavy atom. The fourth-order valence-electron chi connectivity index (χ4n) is 1.17. The Kier molecular flexibility index (Phi) is 2.84. The highest BCUT2D eigenvalue weighted by Crippen LogP contribution is 2.31. The fourth-order valence-corrected chi connectivity index (χ4v) is 2.01. The third-order valence-corrected chi connectivity index (χ3v) is 2.87. The Morgan fingerprint density at radius 3 is 2.94 bits per heavy atom. The van der Waals surface area contributed by atoms with Crippen LogP contribution in [0.4, 0.5) is 5.69 Å². The first-order valence-corrected chi connectivity index (χ1v) is 5.40. The lowest BCUT2D eigenvalue weighted by Crippen LogP contribution is -1.89. The standard InChI is InChI=1S/C11H9N3OS/c1-7-6-15-11(14-7)16-10-4-8(5-12)2-3-9(10)13/h2-4,6H,13H2,1H3. The van der Waals surface area contributed by atoms with Gasteiger partial charge in [0.25, 0.3) is 5.22 Å². The predicted molar refractivity (Wildman–Crippen MR) is 60.9 cm³/mol. The van der Waals surface area contributed by atoms with Crippen molar-refractivity contribution in [3.05, 3.63) is 35.7 Å². The highest BCUT2D eigenvalue weighted by Gasteiger charge is 2.07. The summed E-state index contributed by atoms with van der Waals surface area (Å²) in [5.41, 5.74) is 7.80. The van der Waals surface area contributed by atoms with E-state index in [1.807, 2.05) is 6.92 Å². The molecule has 0 atom stereocenters. The summed E-state index contributed by atoms with van der Waals surface area (Å²) in [4.78, 5) is 4.94. The van der Waals surface area contributed by atoms with Crippen LogP contribution >= 0.6 is 11.8 Å². The normalized spacial score (nSPS) is 10.0. The van der Waals surface area contributed by atoms with Gasteiger partial charge in [-0.3, -0.25) is 0 Å². The van der Waals surface area contributed by atoms with Crippen LogP contribution in [0.5, 0.6) is 0 Å². The van der Waals surface area contributed by atoms with E-state index >= 15 is 0 Å². The summed E-state index contributed by atoms with van der Waals surface area (Å²) in [6.45, 7) is 1.85. The zero-order valence-corrected chi connectivity index (χ0v) is 9.41. The molecule has 5 heteroatoms. The lowest BCUT2D eigenvalue weighted by molar-refractivity contribution is 0.454. The summed E-state index contributed by atoms with van der Waals surface area (Å²) < 4.78 is 5.21. The van der Waals surface area contributed by atoms with Crippen LogP contribution in [0.15, 0.2) is 39.0 Å². The first-order chi connectivity index (χ1) is 7.69. The number of rotatable bonds is 2. The van der Waals surface area contributed by atoms with Crippen LogP contribution < -0.4 is 5.73 Å². The maximum atomic E-state index is 8.78. The molecule has 0 fully saturated rings. The molecule has 0 aliphatic rings. The third kappa shape index (κ3) is 2.18. The maximum absolute atomic E-state index is 8.78. The van der Waals surface area contributed by atoms with Crippen molar-refractivity contribution in [3.63, 3.8) is 0 Å². The molecule has 2 rings (SSSR count). The SMILES string of the molecule is Cc1coc(Sc2cc(C#N)ccc2N)n1. The van der Waals surface area contributed by atoms with Gasteiger partial charge in [-0.1, -0.05) is 0 Å². The Hall–Kier alpha value is -1.93. The van der Waals surface area contributed by atoms with Gasteiger partial charge in [0.05, 0.1) is 17.3 Å². The number of nitrogens with zero attached hydrogens (tertiary/aromatic N) is 2. The first kappa shape index (κ1) is 10.6. The number of nitriles is 1. The monoisotopic (exact) mass is 231 g/mol. The van der Waals surface area contributed by atoms with Crippen LogP contribution in [0.2, 0.25) is 0 Å². The summed E-state index contributed by atoms with van der Waals surface area (Å²) in [7, 11) is 0. The molecule has 0 bridgehead atoms. The minimum Gasteiger partial charge on any atom is -0.439 e. The Labute approximate surface area is 97.1 Å². The molecule has 1 aromatic carbocycles. The molecule has 0 spiro atoms. The second-order valence-corrected chi connectivity index (χ2v) is 4.21. The molecular formula is C11H9N3OS. The first-order valence-electron chi connectivity index (χ1n) is 4.58. The second kappa shape index (κ2) is 4.29. The number of hydrogen-bond acceptors (Lipinski definition) is 5. The number of anilines is 1. The van der Waals surface area contributed by atoms with Gasteiger partial charge in [0.1, 0.15) is 6.26 Å². The van der Waals surface area contributed by atoms with Crippen molar-refractivity contribution < 1.29 is 4.42 Å². The lowest BCUT2D eigenvalue weighted by atomic mass is 10.2. The zero-order valence-electron chi connectivity index (χ0n) is 8.60. The van der Waals surface area contributed by atoms with Crippen molar-refractivity contribution in [1.82, 2.24) is 4.98 Å². The Morgan fingerprint density at radius 2 is 2.31 bits per heavy atom. The van der Waals surface area contributed by atoms with Gasteiger partial charge in [-0.05, 0) is 36.9 Å². The van der Waals surface area contributed by atoms with Crippen LogP contribution in [0.25, 0.3) is 0 Å². The average Bonchev–Trinajstić information content (AvgIpc) is 2.67. The van der Waals surface area contributed by atoms with E-state index < -0.39 is 0 Å². The second-order valence-electron chi connectivity index (χ2n) is 3.22. The van der Waals surface area contributed by atoms with Crippen molar-refractivity contribution in [1.29, 1.82) is 5.26 Å². The van der Waals surface area contributed by atoms with Gasteiger partial charge in [0, 0.05) is 10.6 Å². The average molecular weight is 231 g/mol. The van der Waals surface area contributed by atoms with E-state index in [0.717, 1.165) is 10.6 Å². The molecule has 1 aromatic heterocycles. The minimum absolute atomic E-state index is 0.527. The molecule has 2 aromatic rings. The maximum Gasteiger partial charge on any atom is 0.260 e. The number of aromatic nitrogens is 1. The Balaban J connectivity index is 2.30. The third-order valence-electron chi connectivity index (χ3n) is 1.94. The molecule has 0 unspecified atom stereocenters. The van der Waals surface area contributed by atoms with Crippen LogP contribution in [-0.2, 0) is 0 Å².